The van der Waals surface area contributed by atoms with E-state index in [4.69, 9.17) is 11.6 Å². The maximum Gasteiger partial charge on any atom is 0.137 e. The Labute approximate surface area is 134 Å². The van der Waals surface area contributed by atoms with E-state index >= 15 is 0 Å². The number of imidazole rings is 2. The zero-order valence-electron chi connectivity index (χ0n) is 12.2. The van der Waals surface area contributed by atoms with E-state index < -0.39 is 0 Å². The minimum atomic E-state index is 0.657. The number of hydrogen-bond acceptors (Lipinski definition) is 3. The van der Waals surface area contributed by atoms with Gasteiger partial charge in [-0.25, -0.2) is 9.97 Å². The molecule has 0 spiro atoms. The first-order valence-corrected chi connectivity index (χ1v) is 7.99. The fraction of sp³-hybridized carbons (Fsp3) is 0.375. The van der Waals surface area contributed by atoms with E-state index in [1.165, 1.54) is 12.2 Å². The number of aryl methyl sites for hydroxylation is 1. The molecule has 3 aromatic rings. The number of pyridine rings is 1. The van der Waals surface area contributed by atoms with Crippen LogP contribution in [0.25, 0.3) is 5.65 Å². The van der Waals surface area contributed by atoms with Gasteiger partial charge in [-0.3, -0.25) is 0 Å². The van der Waals surface area contributed by atoms with Crippen LogP contribution in [0.1, 0.15) is 17.9 Å². The van der Waals surface area contributed by atoms with Gasteiger partial charge in [-0.2, -0.15) is 0 Å². The Hall–Kier alpha value is -1.85. The van der Waals surface area contributed by atoms with Crippen LogP contribution in [0, 0.1) is 5.92 Å². The zero-order chi connectivity index (χ0) is 14.9. The molecule has 0 radical (unpaired) electrons. The molecule has 1 N–H and O–H groups in total. The van der Waals surface area contributed by atoms with Gasteiger partial charge in [0.15, 0.2) is 0 Å². The first-order chi connectivity index (χ1) is 10.8. The van der Waals surface area contributed by atoms with Gasteiger partial charge in [0.05, 0.1) is 16.9 Å². The summed E-state index contributed by atoms with van der Waals surface area (Å²) in [7, 11) is 0. The number of nitrogens with zero attached hydrogens (tertiary/aromatic N) is 4. The second-order valence-corrected chi connectivity index (χ2v) is 6.29. The molecule has 1 atom stereocenters. The van der Waals surface area contributed by atoms with Gasteiger partial charge in [-0.05, 0) is 24.5 Å². The topological polar surface area (TPSA) is 47.2 Å². The first kappa shape index (κ1) is 13.8. The van der Waals surface area contributed by atoms with Crippen molar-refractivity contribution < 1.29 is 0 Å². The average molecular weight is 316 g/mol. The molecule has 0 aliphatic carbocycles. The highest BCUT2D eigenvalue weighted by atomic mass is 35.5. The van der Waals surface area contributed by atoms with Gasteiger partial charge in [-0.15, -0.1) is 0 Å². The van der Waals surface area contributed by atoms with Gasteiger partial charge in [0.2, 0.25) is 0 Å². The molecule has 5 nitrogen and oxygen atoms in total. The van der Waals surface area contributed by atoms with Crippen LogP contribution in [0.4, 0.5) is 0 Å². The number of rotatable bonds is 4. The van der Waals surface area contributed by atoms with Crippen LogP contribution >= 0.6 is 11.6 Å². The van der Waals surface area contributed by atoms with Crippen molar-refractivity contribution in [2.75, 3.05) is 6.54 Å². The van der Waals surface area contributed by atoms with Gasteiger partial charge in [-0.1, -0.05) is 11.6 Å². The number of hydrogen-bond donors (Lipinski definition) is 1. The lowest BCUT2D eigenvalue weighted by molar-refractivity contribution is 0.347. The van der Waals surface area contributed by atoms with Crippen LogP contribution in [0.5, 0.6) is 0 Å². The Kier molecular flexibility index (Phi) is 3.60. The van der Waals surface area contributed by atoms with Gasteiger partial charge in [0, 0.05) is 44.6 Å². The fourth-order valence-corrected chi connectivity index (χ4v) is 3.30. The van der Waals surface area contributed by atoms with Gasteiger partial charge >= 0.3 is 0 Å². The highest BCUT2D eigenvalue weighted by molar-refractivity contribution is 6.30. The first-order valence-electron chi connectivity index (χ1n) is 7.62. The molecule has 1 aliphatic heterocycles. The third kappa shape index (κ3) is 2.62. The molecule has 22 heavy (non-hydrogen) atoms. The summed E-state index contributed by atoms with van der Waals surface area (Å²) >= 11 is 6.06. The lowest BCUT2D eigenvalue weighted by atomic mass is 9.99. The molecule has 0 aromatic carbocycles. The van der Waals surface area contributed by atoms with Crippen molar-refractivity contribution in [3.8, 4) is 0 Å². The smallest absolute Gasteiger partial charge is 0.137 e. The zero-order valence-corrected chi connectivity index (χ0v) is 13.0. The molecule has 0 saturated heterocycles. The fourth-order valence-electron chi connectivity index (χ4n) is 3.14. The van der Waals surface area contributed by atoms with Crippen LogP contribution < -0.4 is 5.32 Å². The molecule has 1 aliphatic rings. The van der Waals surface area contributed by atoms with Crippen molar-refractivity contribution in [3.05, 3.63) is 53.5 Å². The van der Waals surface area contributed by atoms with Crippen LogP contribution in [-0.2, 0) is 19.5 Å². The Morgan fingerprint density at radius 2 is 2.27 bits per heavy atom. The maximum absolute atomic E-state index is 6.06. The third-order valence-corrected chi connectivity index (χ3v) is 4.54. The predicted octanol–water partition coefficient (Wildman–Crippen LogP) is 2.54. The normalized spacial score (nSPS) is 17.8. The second kappa shape index (κ2) is 5.74. The van der Waals surface area contributed by atoms with Crippen LogP contribution in [0.3, 0.4) is 0 Å². The molecule has 3 aromatic heterocycles. The number of fused-ring (bicyclic) bond motifs is 2. The van der Waals surface area contributed by atoms with E-state index in [1.807, 2.05) is 35.1 Å². The van der Waals surface area contributed by atoms with Crippen molar-refractivity contribution >= 4 is 17.2 Å². The molecular weight excluding hydrogens is 298 g/mol. The van der Waals surface area contributed by atoms with E-state index in [0.29, 0.717) is 5.92 Å². The molecule has 4 heterocycles. The van der Waals surface area contributed by atoms with Crippen molar-refractivity contribution in [1.29, 1.82) is 0 Å². The summed E-state index contributed by atoms with van der Waals surface area (Å²) in [5.74, 6) is 1.87. The molecule has 0 bridgehead atoms. The van der Waals surface area contributed by atoms with E-state index in [0.717, 1.165) is 42.4 Å². The number of aromatic nitrogens is 4. The van der Waals surface area contributed by atoms with E-state index in [2.05, 4.69) is 26.0 Å². The minimum Gasteiger partial charge on any atom is -0.335 e. The van der Waals surface area contributed by atoms with Crippen LogP contribution in [0.2, 0.25) is 5.02 Å². The average Bonchev–Trinajstić information content (AvgIpc) is 3.13. The quantitative estimate of drug-likeness (QED) is 0.805. The second-order valence-electron chi connectivity index (χ2n) is 5.86. The van der Waals surface area contributed by atoms with Crippen molar-refractivity contribution in [1.82, 2.24) is 24.3 Å². The molecule has 0 saturated carbocycles. The third-order valence-electron chi connectivity index (χ3n) is 4.32. The Bertz CT molecular complexity index is 791. The largest absolute Gasteiger partial charge is 0.335 e. The number of nitrogens with one attached hydrogen (secondary N) is 1. The van der Waals surface area contributed by atoms with Crippen molar-refractivity contribution in [3.63, 3.8) is 0 Å². The summed E-state index contributed by atoms with van der Waals surface area (Å²) < 4.78 is 4.31. The van der Waals surface area contributed by atoms with E-state index in [9.17, 15) is 0 Å². The Balaban J connectivity index is 1.38. The van der Waals surface area contributed by atoms with Crippen molar-refractivity contribution in [2.24, 2.45) is 5.92 Å². The van der Waals surface area contributed by atoms with E-state index in [-0.39, 0.29) is 0 Å². The molecule has 0 unspecified atom stereocenters. The lowest BCUT2D eigenvalue weighted by Gasteiger charge is -2.24. The summed E-state index contributed by atoms with van der Waals surface area (Å²) in [6.45, 7) is 2.86. The van der Waals surface area contributed by atoms with E-state index in [1.54, 1.807) is 0 Å². The van der Waals surface area contributed by atoms with Gasteiger partial charge in [0.25, 0.3) is 0 Å². The Morgan fingerprint density at radius 3 is 3.23 bits per heavy atom. The molecule has 4 rings (SSSR count). The summed E-state index contributed by atoms with van der Waals surface area (Å²) in [6.07, 6.45) is 10.1. The van der Waals surface area contributed by atoms with Crippen LogP contribution in [0.15, 0.2) is 36.9 Å². The minimum absolute atomic E-state index is 0.657. The SMILES string of the molecule is Clc1ccc2ncc(CNC[C@H]3CCc4nccn4C3)n2c1. The summed E-state index contributed by atoms with van der Waals surface area (Å²) in [4.78, 5) is 8.77. The van der Waals surface area contributed by atoms with Gasteiger partial charge < -0.3 is 14.3 Å². The summed E-state index contributed by atoms with van der Waals surface area (Å²) in [5.41, 5.74) is 2.07. The maximum atomic E-state index is 6.06. The molecular formula is C16H18ClN5. The summed E-state index contributed by atoms with van der Waals surface area (Å²) in [6, 6.07) is 3.80. The highest BCUT2D eigenvalue weighted by Gasteiger charge is 2.18. The van der Waals surface area contributed by atoms with Crippen LogP contribution in [-0.4, -0.2) is 25.5 Å². The predicted molar refractivity (Wildman–Crippen MR) is 85.9 cm³/mol. The Morgan fingerprint density at radius 1 is 1.32 bits per heavy atom. The lowest BCUT2D eigenvalue weighted by Crippen LogP contribution is -2.30. The van der Waals surface area contributed by atoms with Gasteiger partial charge in [0.1, 0.15) is 11.5 Å². The monoisotopic (exact) mass is 315 g/mol. The molecule has 0 amide bonds. The molecule has 6 heteroatoms. The number of halogens is 1. The van der Waals surface area contributed by atoms with Crippen molar-refractivity contribution in [2.45, 2.75) is 25.9 Å². The highest BCUT2D eigenvalue weighted by Crippen LogP contribution is 2.18. The standard InChI is InChI=1S/C16H18ClN5/c17-13-2-4-16-20-9-14(22(16)11-13)8-18-7-12-1-3-15-19-5-6-21(15)10-12/h2,4-6,9,11-12,18H,1,3,7-8,10H2/t12-/m1/s1. The molecule has 0 fully saturated rings. The molecule has 114 valence electrons. The summed E-state index contributed by atoms with van der Waals surface area (Å²) in [5, 5.41) is 4.28.